The van der Waals surface area contributed by atoms with Crippen molar-refractivity contribution >= 4 is 0 Å². The van der Waals surface area contributed by atoms with Crippen LogP contribution in [0.5, 0.6) is 0 Å². The molecule has 0 aromatic carbocycles. The predicted molar refractivity (Wildman–Crippen MR) is 60.8 cm³/mol. The maximum atomic E-state index is 5.84. The molecule has 3 aliphatic rings. The highest BCUT2D eigenvalue weighted by Gasteiger charge is 2.49. The van der Waals surface area contributed by atoms with E-state index in [0.717, 1.165) is 18.6 Å². The van der Waals surface area contributed by atoms with E-state index in [2.05, 4.69) is 12.2 Å². The van der Waals surface area contributed by atoms with E-state index in [4.69, 9.17) is 4.74 Å². The third kappa shape index (κ3) is 1.72. The highest BCUT2D eigenvalue weighted by Crippen LogP contribution is 2.50. The Morgan fingerprint density at radius 1 is 1.27 bits per heavy atom. The number of rotatable bonds is 4. The van der Waals surface area contributed by atoms with E-state index < -0.39 is 0 Å². The average molecular weight is 209 g/mol. The second-order valence-corrected chi connectivity index (χ2v) is 5.78. The summed E-state index contributed by atoms with van der Waals surface area (Å²) in [6, 6.07) is 0.842. The molecule has 3 rings (SSSR count). The molecule has 0 aromatic heterocycles. The summed E-state index contributed by atoms with van der Waals surface area (Å²) in [5, 5.41) is 3.74. The van der Waals surface area contributed by atoms with Gasteiger partial charge in [-0.1, -0.05) is 6.42 Å². The molecule has 2 heteroatoms. The standard InChI is InChI=1S/C13H23NO/c1-10-13(7-8-15-10,11-3-2-4-11)9-14-12-5-6-12/h10-12,14H,2-9H2,1H3. The SMILES string of the molecule is CC1OCCC1(CNC1CC1)C1CCC1. The van der Waals surface area contributed by atoms with Gasteiger partial charge in [-0.15, -0.1) is 0 Å². The largest absolute Gasteiger partial charge is 0.378 e. The average Bonchev–Trinajstić information content (AvgIpc) is 2.89. The summed E-state index contributed by atoms with van der Waals surface area (Å²) in [7, 11) is 0. The van der Waals surface area contributed by atoms with Gasteiger partial charge in [0.25, 0.3) is 0 Å². The molecule has 1 N–H and O–H groups in total. The van der Waals surface area contributed by atoms with Crippen molar-refractivity contribution in [3.8, 4) is 0 Å². The van der Waals surface area contributed by atoms with Crippen LogP contribution in [0.25, 0.3) is 0 Å². The third-order valence-corrected chi connectivity index (χ3v) is 4.96. The van der Waals surface area contributed by atoms with E-state index in [1.54, 1.807) is 0 Å². The van der Waals surface area contributed by atoms with Crippen LogP contribution >= 0.6 is 0 Å². The molecule has 0 aromatic rings. The highest BCUT2D eigenvalue weighted by atomic mass is 16.5. The Hall–Kier alpha value is -0.0800. The van der Waals surface area contributed by atoms with Crippen molar-refractivity contribution in [2.45, 2.75) is 57.6 Å². The van der Waals surface area contributed by atoms with Crippen molar-refractivity contribution in [1.82, 2.24) is 5.32 Å². The quantitative estimate of drug-likeness (QED) is 0.767. The molecule has 3 fully saturated rings. The summed E-state index contributed by atoms with van der Waals surface area (Å²) < 4.78 is 5.84. The molecular weight excluding hydrogens is 186 g/mol. The Bertz CT molecular complexity index is 235. The zero-order valence-electron chi connectivity index (χ0n) is 9.80. The van der Waals surface area contributed by atoms with Gasteiger partial charge < -0.3 is 10.1 Å². The van der Waals surface area contributed by atoms with Gasteiger partial charge in [0.15, 0.2) is 0 Å². The molecular formula is C13H23NO. The molecule has 1 aliphatic heterocycles. The highest BCUT2D eigenvalue weighted by molar-refractivity contribution is 5.00. The smallest absolute Gasteiger partial charge is 0.0618 e. The summed E-state index contributed by atoms with van der Waals surface area (Å²) in [5.74, 6) is 0.946. The number of hydrogen-bond donors (Lipinski definition) is 1. The van der Waals surface area contributed by atoms with Crippen LogP contribution in [0.4, 0.5) is 0 Å². The Morgan fingerprint density at radius 3 is 2.53 bits per heavy atom. The minimum absolute atomic E-state index is 0.481. The van der Waals surface area contributed by atoms with Crippen LogP contribution in [0.1, 0.15) is 45.4 Å². The molecule has 0 radical (unpaired) electrons. The Morgan fingerprint density at radius 2 is 2.07 bits per heavy atom. The Balaban J connectivity index is 1.67. The van der Waals surface area contributed by atoms with Crippen LogP contribution in [0.2, 0.25) is 0 Å². The van der Waals surface area contributed by atoms with Gasteiger partial charge in [-0.05, 0) is 44.9 Å². The van der Waals surface area contributed by atoms with E-state index in [9.17, 15) is 0 Å². The van der Waals surface area contributed by atoms with Gasteiger partial charge in [-0.2, -0.15) is 0 Å². The van der Waals surface area contributed by atoms with Crippen LogP contribution in [-0.2, 0) is 4.74 Å². The molecule has 2 nitrogen and oxygen atoms in total. The van der Waals surface area contributed by atoms with Gasteiger partial charge in [0.05, 0.1) is 6.10 Å². The molecule has 15 heavy (non-hydrogen) atoms. The topological polar surface area (TPSA) is 21.3 Å². The second kappa shape index (κ2) is 3.74. The van der Waals surface area contributed by atoms with Gasteiger partial charge in [0.1, 0.15) is 0 Å². The summed E-state index contributed by atoms with van der Waals surface area (Å²) in [5.41, 5.74) is 0.487. The molecule has 0 bridgehead atoms. The fourth-order valence-corrected chi connectivity index (χ4v) is 3.31. The minimum Gasteiger partial charge on any atom is -0.378 e. The van der Waals surface area contributed by atoms with E-state index >= 15 is 0 Å². The lowest BCUT2D eigenvalue weighted by atomic mass is 9.62. The van der Waals surface area contributed by atoms with Gasteiger partial charge in [-0.25, -0.2) is 0 Å². The molecule has 86 valence electrons. The first kappa shape index (κ1) is 10.1. The van der Waals surface area contributed by atoms with Gasteiger partial charge in [-0.3, -0.25) is 0 Å². The molecule has 2 aliphatic carbocycles. The van der Waals surface area contributed by atoms with Crippen molar-refractivity contribution in [3.05, 3.63) is 0 Å². The van der Waals surface area contributed by atoms with Crippen molar-refractivity contribution < 1.29 is 4.74 Å². The first-order chi connectivity index (χ1) is 7.31. The maximum Gasteiger partial charge on any atom is 0.0618 e. The Labute approximate surface area is 92.8 Å². The van der Waals surface area contributed by atoms with E-state index in [0.29, 0.717) is 11.5 Å². The van der Waals surface area contributed by atoms with E-state index in [1.165, 1.54) is 45.1 Å². The minimum atomic E-state index is 0.481. The number of hydrogen-bond acceptors (Lipinski definition) is 2. The molecule has 2 unspecified atom stereocenters. The van der Waals surface area contributed by atoms with Crippen LogP contribution in [-0.4, -0.2) is 25.3 Å². The lowest BCUT2D eigenvalue weighted by molar-refractivity contribution is -0.000643. The zero-order chi connectivity index (χ0) is 10.3. The maximum absolute atomic E-state index is 5.84. The molecule has 0 amide bonds. The summed E-state index contributed by atoms with van der Waals surface area (Å²) in [6.07, 6.45) is 8.90. The number of nitrogens with one attached hydrogen (secondary N) is 1. The fraction of sp³-hybridized carbons (Fsp3) is 1.00. The van der Waals surface area contributed by atoms with Gasteiger partial charge in [0, 0.05) is 24.6 Å². The molecule has 1 heterocycles. The summed E-state index contributed by atoms with van der Waals surface area (Å²) in [4.78, 5) is 0. The van der Waals surface area contributed by atoms with E-state index in [-0.39, 0.29) is 0 Å². The molecule has 0 spiro atoms. The van der Waals surface area contributed by atoms with Crippen LogP contribution in [0.3, 0.4) is 0 Å². The Kier molecular flexibility index (Phi) is 2.52. The van der Waals surface area contributed by atoms with Crippen LogP contribution in [0, 0.1) is 11.3 Å². The van der Waals surface area contributed by atoms with Crippen LogP contribution in [0.15, 0.2) is 0 Å². The predicted octanol–water partition coefficient (Wildman–Crippen LogP) is 2.33. The van der Waals surface area contributed by atoms with Crippen LogP contribution < -0.4 is 5.32 Å². The first-order valence-corrected chi connectivity index (χ1v) is 6.66. The molecule has 1 saturated heterocycles. The van der Waals surface area contributed by atoms with Crippen molar-refractivity contribution in [2.75, 3.05) is 13.2 Å². The fourth-order valence-electron chi connectivity index (χ4n) is 3.31. The lowest BCUT2D eigenvalue weighted by Crippen LogP contribution is -2.48. The lowest BCUT2D eigenvalue weighted by Gasteiger charge is -2.45. The molecule has 2 saturated carbocycles. The third-order valence-electron chi connectivity index (χ3n) is 4.96. The van der Waals surface area contributed by atoms with Crippen molar-refractivity contribution in [1.29, 1.82) is 0 Å². The summed E-state index contributed by atoms with van der Waals surface area (Å²) in [6.45, 7) is 4.49. The van der Waals surface area contributed by atoms with Crippen molar-refractivity contribution in [2.24, 2.45) is 11.3 Å². The zero-order valence-corrected chi connectivity index (χ0v) is 9.80. The normalized spacial score (nSPS) is 41.8. The van der Waals surface area contributed by atoms with Gasteiger partial charge >= 0.3 is 0 Å². The first-order valence-electron chi connectivity index (χ1n) is 6.66. The number of ether oxygens (including phenoxy) is 1. The van der Waals surface area contributed by atoms with E-state index in [1.807, 2.05) is 0 Å². The van der Waals surface area contributed by atoms with Gasteiger partial charge in [0.2, 0.25) is 0 Å². The molecule has 2 atom stereocenters. The van der Waals surface area contributed by atoms with Crippen molar-refractivity contribution in [3.63, 3.8) is 0 Å². The summed E-state index contributed by atoms with van der Waals surface area (Å²) >= 11 is 0. The second-order valence-electron chi connectivity index (χ2n) is 5.78. The monoisotopic (exact) mass is 209 g/mol.